The lowest BCUT2D eigenvalue weighted by atomic mass is 10.1. The van der Waals surface area contributed by atoms with Crippen molar-refractivity contribution in [1.82, 2.24) is 19.6 Å². The van der Waals surface area contributed by atoms with Crippen molar-refractivity contribution in [3.05, 3.63) is 60.4 Å². The summed E-state index contributed by atoms with van der Waals surface area (Å²) in [6.45, 7) is 2.67. The standard InChI is InChI=1S/C21H18F3N5O/c1-2-9-30-15-5-3-13(4-6-15)17-7-8-19-26-12-18(29(19)28-17)14-10-16(21(22,23)24)20(25)27-11-14/h3-8,10-12H,2,9H2,1H3,(H2,25,27). The zero-order valence-corrected chi connectivity index (χ0v) is 16.0. The molecule has 4 aromatic rings. The molecule has 3 aromatic heterocycles. The van der Waals surface area contributed by atoms with Gasteiger partial charge in [-0.05, 0) is 48.9 Å². The average Bonchev–Trinajstić information content (AvgIpc) is 3.15. The zero-order chi connectivity index (χ0) is 21.3. The molecule has 0 atom stereocenters. The highest BCUT2D eigenvalue weighted by atomic mass is 19.4. The molecule has 30 heavy (non-hydrogen) atoms. The molecule has 4 rings (SSSR count). The van der Waals surface area contributed by atoms with Gasteiger partial charge >= 0.3 is 6.18 Å². The summed E-state index contributed by atoms with van der Waals surface area (Å²) >= 11 is 0. The van der Waals surface area contributed by atoms with Crippen LogP contribution in [0.3, 0.4) is 0 Å². The lowest BCUT2D eigenvalue weighted by Crippen LogP contribution is -2.10. The topological polar surface area (TPSA) is 78.3 Å². The molecular weight excluding hydrogens is 395 g/mol. The molecule has 154 valence electrons. The number of nitrogens with two attached hydrogens (primary N) is 1. The van der Waals surface area contributed by atoms with Crippen LogP contribution in [0.1, 0.15) is 18.9 Å². The SMILES string of the molecule is CCCOc1ccc(-c2ccc3ncc(-c4cnc(N)c(C(F)(F)F)c4)n3n2)cc1. The highest BCUT2D eigenvalue weighted by Gasteiger charge is 2.34. The highest BCUT2D eigenvalue weighted by molar-refractivity contribution is 5.67. The Morgan fingerprint density at radius 1 is 1.00 bits per heavy atom. The lowest BCUT2D eigenvalue weighted by Gasteiger charge is -2.11. The quantitative estimate of drug-likeness (QED) is 0.506. The molecule has 0 aliphatic carbocycles. The number of nitrogen functional groups attached to an aromatic ring is 1. The Hall–Kier alpha value is -3.62. The molecule has 0 amide bonds. The molecule has 0 aliphatic heterocycles. The molecule has 0 radical (unpaired) electrons. The van der Waals surface area contributed by atoms with E-state index in [9.17, 15) is 13.2 Å². The van der Waals surface area contributed by atoms with Gasteiger partial charge in [-0.3, -0.25) is 0 Å². The predicted octanol–water partition coefficient (Wildman–Crippen LogP) is 4.85. The van der Waals surface area contributed by atoms with Crippen molar-refractivity contribution in [3.8, 4) is 28.3 Å². The number of pyridine rings is 1. The minimum Gasteiger partial charge on any atom is -0.494 e. The van der Waals surface area contributed by atoms with Crippen molar-refractivity contribution in [3.63, 3.8) is 0 Å². The van der Waals surface area contributed by atoms with Gasteiger partial charge in [-0.1, -0.05) is 6.92 Å². The Labute approximate surface area is 170 Å². The smallest absolute Gasteiger partial charge is 0.419 e. The molecule has 9 heteroatoms. The largest absolute Gasteiger partial charge is 0.494 e. The summed E-state index contributed by atoms with van der Waals surface area (Å²) in [6.07, 6.45) is -0.948. The summed E-state index contributed by atoms with van der Waals surface area (Å²) in [4.78, 5) is 7.93. The van der Waals surface area contributed by atoms with Crippen LogP contribution < -0.4 is 10.5 Å². The Balaban J connectivity index is 1.74. The van der Waals surface area contributed by atoms with Gasteiger partial charge in [0, 0.05) is 17.3 Å². The molecule has 0 fully saturated rings. The number of anilines is 1. The van der Waals surface area contributed by atoms with Gasteiger partial charge in [0.25, 0.3) is 0 Å². The van der Waals surface area contributed by atoms with E-state index in [1.165, 1.54) is 16.9 Å². The van der Waals surface area contributed by atoms with E-state index in [0.29, 0.717) is 23.6 Å². The minimum absolute atomic E-state index is 0.219. The highest BCUT2D eigenvalue weighted by Crippen LogP contribution is 2.35. The van der Waals surface area contributed by atoms with E-state index >= 15 is 0 Å². The Morgan fingerprint density at radius 2 is 1.77 bits per heavy atom. The molecule has 0 saturated carbocycles. The Kier molecular flexibility index (Phi) is 5.03. The van der Waals surface area contributed by atoms with Crippen LogP contribution >= 0.6 is 0 Å². The molecule has 1 aromatic carbocycles. The van der Waals surface area contributed by atoms with Crippen LogP contribution in [0.5, 0.6) is 5.75 Å². The van der Waals surface area contributed by atoms with E-state index in [4.69, 9.17) is 10.5 Å². The molecular formula is C21H18F3N5O. The fourth-order valence-corrected chi connectivity index (χ4v) is 3.01. The summed E-state index contributed by atoms with van der Waals surface area (Å²) in [5.41, 5.74) is 7.00. The third kappa shape index (κ3) is 3.78. The van der Waals surface area contributed by atoms with Gasteiger partial charge < -0.3 is 10.5 Å². The van der Waals surface area contributed by atoms with E-state index in [-0.39, 0.29) is 5.56 Å². The van der Waals surface area contributed by atoms with Gasteiger partial charge in [-0.25, -0.2) is 14.5 Å². The first-order valence-electron chi connectivity index (χ1n) is 9.28. The van der Waals surface area contributed by atoms with Crippen molar-refractivity contribution in [2.75, 3.05) is 12.3 Å². The van der Waals surface area contributed by atoms with Gasteiger partial charge in [0.2, 0.25) is 0 Å². The zero-order valence-electron chi connectivity index (χ0n) is 16.0. The molecule has 0 spiro atoms. The normalized spacial score (nSPS) is 11.7. The van der Waals surface area contributed by atoms with E-state index in [2.05, 4.69) is 15.1 Å². The summed E-state index contributed by atoms with van der Waals surface area (Å²) in [7, 11) is 0. The maximum atomic E-state index is 13.2. The summed E-state index contributed by atoms with van der Waals surface area (Å²) in [6, 6.07) is 12.0. The van der Waals surface area contributed by atoms with E-state index in [1.54, 1.807) is 12.1 Å². The van der Waals surface area contributed by atoms with Gasteiger partial charge in [0.15, 0.2) is 5.65 Å². The maximum Gasteiger partial charge on any atom is 0.419 e. The predicted molar refractivity (Wildman–Crippen MR) is 107 cm³/mol. The minimum atomic E-state index is -4.60. The monoisotopic (exact) mass is 413 g/mol. The first-order valence-corrected chi connectivity index (χ1v) is 9.28. The first kappa shape index (κ1) is 19.7. The third-order valence-corrected chi connectivity index (χ3v) is 4.50. The Morgan fingerprint density at radius 3 is 2.47 bits per heavy atom. The number of rotatable bonds is 5. The number of aromatic nitrogens is 4. The number of imidazole rings is 1. The van der Waals surface area contributed by atoms with Gasteiger partial charge in [0.1, 0.15) is 11.6 Å². The second-order valence-electron chi connectivity index (χ2n) is 6.66. The van der Waals surface area contributed by atoms with Gasteiger partial charge in [-0.2, -0.15) is 18.3 Å². The van der Waals surface area contributed by atoms with E-state index < -0.39 is 17.6 Å². The second-order valence-corrected chi connectivity index (χ2v) is 6.66. The number of ether oxygens (including phenoxy) is 1. The van der Waals surface area contributed by atoms with Crippen LogP contribution in [-0.2, 0) is 6.18 Å². The molecule has 0 bridgehead atoms. The molecule has 6 nitrogen and oxygen atoms in total. The van der Waals surface area contributed by atoms with E-state index in [0.717, 1.165) is 23.8 Å². The number of fused-ring (bicyclic) bond motifs is 1. The third-order valence-electron chi connectivity index (χ3n) is 4.50. The summed E-state index contributed by atoms with van der Waals surface area (Å²) < 4.78 is 46.7. The maximum absolute atomic E-state index is 13.2. The van der Waals surface area contributed by atoms with Crippen molar-refractivity contribution in [1.29, 1.82) is 0 Å². The fourth-order valence-electron chi connectivity index (χ4n) is 3.01. The van der Waals surface area contributed by atoms with E-state index in [1.807, 2.05) is 31.2 Å². The van der Waals surface area contributed by atoms with Crippen molar-refractivity contribution < 1.29 is 17.9 Å². The molecule has 3 heterocycles. The number of hydrogen-bond donors (Lipinski definition) is 1. The fraction of sp³-hybridized carbons (Fsp3) is 0.190. The number of hydrogen-bond acceptors (Lipinski definition) is 5. The molecule has 2 N–H and O–H groups in total. The molecule has 0 saturated heterocycles. The first-order chi connectivity index (χ1) is 14.4. The van der Waals surface area contributed by atoms with Crippen molar-refractivity contribution in [2.24, 2.45) is 0 Å². The van der Waals surface area contributed by atoms with Crippen LogP contribution in [0.25, 0.3) is 28.2 Å². The second kappa shape index (κ2) is 7.66. The van der Waals surface area contributed by atoms with Gasteiger partial charge in [-0.15, -0.1) is 0 Å². The molecule has 0 unspecified atom stereocenters. The molecule has 0 aliphatic rings. The van der Waals surface area contributed by atoms with Crippen LogP contribution in [0.4, 0.5) is 19.0 Å². The summed E-state index contributed by atoms with van der Waals surface area (Å²) in [5.74, 6) is 0.191. The van der Waals surface area contributed by atoms with Crippen molar-refractivity contribution in [2.45, 2.75) is 19.5 Å². The number of nitrogens with zero attached hydrogens (tertiary/aromatic N) is 4. The summed E-state index contributed by atoms with van der Waals surface area (Å²) in [5, 5.41) is 4.56. The van der Waals surface area contributed by atoms with Crippen LogP contribution in [0.2, 0.25) is 0 Å². The van der Waals surface area contributed by atoms with Crippen LogP contribution in [0.15, 0.2) is 54.9 Å². The van der Waals surface area contributed by atoms with Gasteiger partial charge in [0.05, 0.1) is 29.8 Å². The van der Waals surface area contributed by atoms with Crippen LogP contribution in [0, 0.1) is 0 Å². The van der Waals surface area contributed by atoms with Crippen molar-refractivity contribution >= 4 is 11.5 Å². The average molecular weight is 413 g/mol. The van der Waals surface area contributed by atoms with Crippen LogP contribution in [-0.4, -0.2) is 26.2 Å². The number of benzene rings is 1. The Bertz CT molecular complexity index is 1190. The lowest BCUT2D eigenvalue weighted by molar-refractivity contribution is -0.137. The number of halogens is 3. The number of alkyl halides is 3.